The van der Waals surface area contributed by atoms with E-state index in [9.17, 15) is 14.4 Å². The molecule has 0 aromatic carbocycles. The van der Waals surface area contributed by atoms with Crippen LogP contribution in [0.4, 0.5) is 5.13 Å². The Morgan fingerprint density at radius 2 is 1.76 bits per heavy atom. The van der Waals surface area contributed by atoms with Crippen LogP contribution in [-0.4, -0.2) is 36.0 Å². The molecule has 1 aromatic rings. The van der Waals surface area contributed by atoms with Crippen LogP contribution >= 0.6 is 11.3 Å². The summed E-state index contributed by atoms with van der Waals surface area (Å²) in [5, 5.41) is 4.70. The molecule has 0 saturated heterocycles. The molecule has 0 aliphatic heterocycles. The maximum Gasteiger partial charge on any atom is 0.311 e. The number of nitrogens with zero attached hydrogens (tertiary/aromatic N) is 1. The molecule has 4 fully saturated rings. The van der Waals surface area contributed by atoms with Crippen molar-refractivity contribution in [2.75, 3.05) is 18.5 Å². The Morgan fingerprint density at radius 1 is 1.10 bits per heavy atom. The maximum absolute atomic E-state index is 12.4. The average molecular weight is 421 g/mol. The number of carbonyl (C=O) groups excluding carboxylic acids is 3. The highest BCUT2D eigenvalue weighted by Crippen LogP contribution is 2.61. The molecular weight excluding hydrogens is 392 g/mol. The molecular formula is C21H28N2O5S. The first-order valence-electron chi connectivity index (χ1n) is 10.5. The average Bonchev–Trinajstić information content (AvgIpc) is 3.05. The standard InChI is InChI=1S/C21H28N2O5S/c1-2-27-18(25)6-16-12-29-20(22-16)23-17(24)11-28-19(26)10-21-7-13-3-14(8-21)5-15(4-13)9-21/h12-15H,2-11H2,1H3,(H,22,23,24). The van der Waals surface area contributed by atoms with Crippen molar-refractivity contribution in [1.29, 1.82) is 0 Å². The minimum Gasteiger partial charge on any atom is -0.466 e. The fourth-order valence-electron chi connectivity index (χ4n) is 5.97. The number of rotatable bonds is 8. The van der Waals surface area contributed by atoms with Crippen LogP contribution in [0.1, 0.15) is 57.6 Å². The smallest absolute Gasteiger partial charge is 0.311 e. The third-order valence-corrected chi connectivity index (χ3v) is 7.28. The number of esters is 2. The number of aromatic nitrogens is 1. The summed E-state index contributed by atoms with van der Waals surface area (Å²) in [7, 11) is 0. The van der Waals surface area contributed by atoms with Gasteiger partial charge in [-0.1, -0.05) is 0 Å². The Kier molecular flexibility index (Phi) is 5.90. The highest BCUT2D eigenvalue weighted by Gasteiger charge is 2.51. The molecule has 0 unspecified atom stereocenters. The highest BCUT2D eigenvalue weighted by molar-refractivity contribution is 7.13. The van der Waals surface area contributed by atoms with Crippen LogP contribution in [0.3, 0.4) is 0 Å². The normalized spacial score (nSPS) is 29.5. The van der Waals surface area contributed by atoms with Crippen molar-refractivity contribution in [2.45, 2.75) is 58.3 Å². The summed E-state index contributed by atoms with van der Waals surface area (Å²) in [4.78, 5) is 40.2. The van der Waals surface area contributed by atoms with E-state index in [4.69, 9.17) is 9.47 Å². The van der Waals surface area contributed by atoms with Gasteiger partial charge in [0.25, 0.3) is 5.91 Å². The molecule has 4 aliphatic carbocycles. The monoisotopic (exact) mass is 420 g/mol. The van der Waals surface area contributed by atoms with Gasteiger partial charge in [-0.25, -0.2) is 4.98 Å². The fraction of sp³-hybridized carbons (Fsp3) is 0.714. The van der Waals surface area contributed by atoms with Gasteiger partial charge in [0.1, 0.15) is 0 Å². The molecule has 1 amide bonds. The van der Waals surface area contributed by atoms with Gasteiger partial charge in [-0.05, 0) is 68.6 Å². The van der Waals surface area contributed by atoms with E-state index in [2.05, 4.69) is 10.3 Å². The Hall–Kier alpha value is -1.96. The van der Waals surface area contributed by atoms with Crippen LogP contribution in [0, 0.1) is 23.2 Å². The summed E-state index contributed by atoms with van der Waals surface area (Å²) in [5.41, 5.74) is 0.655. The molecule has 158 valence electrons. The zero-order chi connectivity index (χ0) is 20.4. The van der Waals surface area contributed by atoms with Crippen molar-refractivity contribution in [2.24, 2.45) is 23.2 Å². The number of hydrogen-bond acceptors (Lipinski definition) is 7. The highest BCUT2D eigenvalue weighted by atomic mass is 32.1. The molecule has 0 spiro atoms. The number of ether oxygens (including phenoxy) is 2. The van der Waals surface area contributed by atoms with Crippen LogP contribution in [0.25, 0.3) is 0 Å². The van der Waals surface area contributed by atoms with Gasteiger partial charge >= 0.3 is 11.9 Å². The summed E-state index contributed by atoms with van der Waals surface area (Å²) in [6.45, 7) is 1.76. The molecule has 4 aliphatic rings. The van der Waals surface area contributed by atoms with Crippen molar-refractivity contribution >= 4 is 34.3 Å². The van der Waals surface area contributed by atoms with Crippen molar-refractivity contribution < 1.29 is 23.9 Å². The molecule has 0 atom stereocenters. The second-order valence-electron chi connectivity index (χ2n) is 8.93. The number of hydrogen-bond donors (Lipinski definition) is 1. The summed E-state index contributed by atoms with van der Waals surface area (Å²) in [5.74, 6) is 1.31. The second-order valence-corrected chi connectivity index (χ2v) is 9.79. The first kappa shape index (κ1) is 20.3. The van der Waals surface area contributed by atoms with Crippen molar-refractivity contribution in [1.82, 2.24) is 4.98 Å². The summed E-state index contributed by atoms with van der Waals surface area (Å²) < 4.78 is 10.2. The number of nitrogens with one attached hydrogen (secondary N) is 1. The third kappa shape index (κ3) is 4.97. The Balaban J connectivity index is 1.21. The molecule has 0 radical (unpaired) electrons. The van der Waals surface area contributed by atoms with Crippen LogP contribution in [0.2, 0.25) is 0 Å². The molecule has 4 bridgehead atoms. The van der Waals surface area contributed by atoms with Gasteiger partial charge < -0.3 is 9.47 Å². The SMILES string of the molecule is CCOC(=O)Cc1csc(NC(=O)COC(=O)CC23CC4CC(CC(C4)C2)C3)n1. The minimum absolute atomic E-state index is 0.0697. The fourth-order valence-corrected chi connectivity index (χ4v) is 6.70. The molecule has 1 heterocycles. The Bertz CT molecular complexity index is 755. The summed E-state index contributed by atoms with van der Waals surface area (Å²) in [6, 6.07) is 0. The number of amides is 1. The van der Waals surface area contributed by atoms with Gasteiger partial charge in [-0.15, -0.1) is 11.3 Å². The van der Waals surface area contributed by atoms with Gasteiger partial charge in [0.15, 0.2) is 11.7 Å². The Labute approximate surface area is 174 Å². The summed E-state index contributed by atoms with van der Waals surface area (Å²) in [6.07, 6.45) is 7.94. The molecule has 1 aromatic heterocycles. The summed E-state index contributed by atoms with van der Waals surface area (Å²) >= 11 is 1.23. The second kappa shape index (κ2) is 8.42. The minimum atomic E-state index is -0.416. The maximum atomic E-state index is 12.4. The number of anilines is 1. The topological polar surface area (TPSA) is 94.6 Å². The predicted molar refractivity (Wildman–Crippen MR) is 107 cm³/mol. The van der Waals surface area contributed by atoms with Crippen LogP contribution in [0.15, 0.2) is 5.38 Å². The molecule has 4 saturated carbocycles. The van der Waals surface area contributed by atoms with Gasteiger partial charge in [0, 0.05) is 5.38 Å². The van der Waals surface area contributed by atoms with Gasteiger partial charge in [0.05, 0.1) is 25.1 Å². The lowest BCUT2D eigenvalue weighted by molar-refractivity contribution is -0.154. The lowest BCUT2D eigenvalue weighted by Gasteiger charge is -2.56. The van der Waals surface area contributed by atoms with E-state index in [1.54, 1.807) is 12.3 Å². The quantitative estimate of drug-likeness (QED) is 0.648. The third-order valence-electron chi connectivity index (χ3n) is 6.48. The zero-order valence-electron chi connectivity index (χ0n) is 16.8. The van der Waals surface area contributed by atoms with E-state index >= 15 is 0 Å². The Morgan fingerprint density at radius 3 is 2.38 bits per heavy atom. The van der Waals surface area contributed by atoms with Crippen LogP contribution in [-0.2, 0) is 30.3 Å². The van der Waals surface area contributed by atoms with Crippen molar-refractivity contribution in [3.8, 4) is 0 Å². The molecule has 8 heteroatoms. The largest absolute Gasteiger partial charge is 0.466 e. The van der Waals surface area contributed by atoms with E-state index in [0.29, 0.717) is 23.9 Å². The molecule has 29 heavy (non-hydrogen) atoms. The van der Waals surface area contributed by atoms with Crippen LogP contribution < -0.4 is 5.32 Å². The molecule has 5 rings (SSSR count). The van der Waals surface area contributed by atoms with E-state index < -0.39 is 5.91 Å². The number of thiazole rings is 1. The van der Waals surface area contributed by atoms with E-state index in [1.807, 2.05) is 0 Å². The molecule has 1 N–H and O–H groups in total. The first-order valence-corrected chi connectivity index (χ1v) is 11.4. The van der Waals surface area contributed by atoms with E-state index in [0.717, 1.165) is 37.0 Å². The van der Waals surface area contributed by atoms with E-state index in [1.165, 1.54) is 30.6 Å². The predicted octanol–water partition coefficient (Wildman–Crippen LogP) is 3.34. The zero-order valence-corrected chi connectivity index (χ0v) is 17.6. The number of carbonyl (C=O) groups is 3. The van der Waals surface area contributed by atoms with Gasteiger partial charge in [-0.2, -0.15) is 0 Å². The van der Waals surface area contributed by atoms with Crippen molar-refractivity contribution in [3.05, 3.63) is 11.1 Å². The van der Waals surface area contributed by atoms with Crippen molar-refractivity contribution in [3.63, 3.8) is 0 Å². The first-order chi connectivity index (χ1) is 13.9. The van der Waals surface area contributed by atoms with Crippen LogP contribution in [0.5, 0.6) is 0 Å². The van der Waals surface area contributed by atoms with Gasteiger partial charge in [-0.3, -0.25) is 19.7 Å². The van der Waals surface area contributed by atoms with E-state index in [-0.39, 0.29) is 30.4 Å². The molecule has 7 nitrogen and oxygen atoms in total. The van der Waals surface area contributed by atoms with Gasteiger partial charge in [0.2, 0.25) is 0 Å². The lowest BCUT2D eigenvalue weighted by Crippen LogP contribution is -2.47. The lowest BCUT2D eigenvalue weighted by atomic mass is 9.49.